The fourth-order valence-corrected chi connectivity index (χ4v) is 4.30. The van der Waals surface area contributed by atoms with Gasteiger partial charge < -0.3 is 9.73 Å². The maximum absolute atomic E-state index is 14.7. The van der Waals surface area contributed by atoms with Crippen LogP contribution in [0, 0.1) is 5.82 Å². The van der Waals surface area contributed by atoms with Crippen molar-refractivity contribution < 1.29 is 17.9 Å². The Morgan fingerprint density at radius 1 is 0.970 bits per heavy atom. The van der Waals surface area contributed by atoms with E-state index in [1.54, 1.807) is 19.9 Å². The van der Waals surface area contributed by atoms with Crippen LogP contribution in [0.15, 0.2) is 64.2 Å². The highest BCUT2D eigenvalue weighted by Gasteiger charge is 2.24. The molecule has 3 N–H and O–H groups in total. The molecule has 0 saturated heterocycles. The van der Waals surface area contributed by atoms with Gasteiger partial charge in [-0.1, -0.05) is 18.2 Å². The minimum absolute atomic E-state index is 0.118. The van der Waals surface area contributed by atoms with Gasteiger partial charge in [0.2, 0.25) is 5.89 Å². The lowest BCUT2D eigenvalue weighted by molar-refractivity contribution is 0.466. The van der Waals surface area contributed by atoms with Crippen LogP contribution >= 0.6 is 10.6 Å². The van der Waals surface area contributed by atoms with E-state index in [-0.39, 0.29) is 10.8 Å². The standard InChI is InChI=1S/C23H24FN5O3S/c1-14(2)33(30,31)21-9-8-17(10-18(21)24)19-12-26-13-20(27-19)23-29-28-22(32-23)16-6-4-15(5-7-16)11-25-3/h4-10,12-14,25,30-31H,11H2,1-3H3. The predicted molar refractivity (Wildman–Crippen MR) is 125 cm³/mol. The highest BCUT2D eigenvalue weighted by molar-refractivity contribution is 8.24. The summed E-state index contributed by atoms with van der Waals surface area (Å²) in [5.74, 6) is -0.178. The molecule has 172 valence electrons. The fourth-order valence-electron chi connectivity index (χ4n) is 3.18. The molecule has 0 atom stereocenters. The lowest BCUT2D eigenvalue weighted by atomic mass is 10.1. The molecule has 4 rings (SSSR count). The molecule has 0 bridgehead atoms. The zero-order valence-corrected chi connectivity index (χ0v) is 19.2. The molecule has 0 saturated carbocycles. The molecule has 2 aromatic carbocycles. The Bertz CT molecular complexity index is 1260. The van der Waals surface area contributed by atoms with Crippen molar-refractivity contribution in [3.63, 3.8) is 0 Å². The fraction of sp³-hybridized carbons (Fsp3) is 0.217. The van der Waals surface area contributed by atoms with Gasteiger partial charge in [-0.25, -0.2) is 9.37 Å². The molecule has 0 radical (unpaired) electrons. The van der Waals surface area contributed by atoms with E-state index in [9.17, 15) is 13.5 Å². The summed E-state index contributed by atoms with van der Waals surface area (Å²) in [5, 5.41) is 10.8. The van der Waals surface area contributed by atoms with Crippen LogP contribution in [0.25, 0.3) is 34.3 Å². The molecule has 0 aliphatic carbocycles. The van der Waals surface area contributed by atoms with E-state index in [1.807, 2.05) is 31.3 Å². The van der Waals surface area contributed by atoms with Crippen LogP contribution in [0.3, 0.4) is 0 Å². The smallest absolute Gasteiger partial charge is 0.268 e. The Morgan fingerprint density at radius 2 is 1.64 bits per heavy atom. The van der Waals surface area contributed by atoms with Crippen molar-refractivity contribution in [2.75, 3.05) is 7.05 Å². The van der Waals surface area contributed by atoms with Crippen LogP contribution in [-0.2, 0) is 6.54 Å². The third-order valence-electron chi connectivity index (χ3n) is 5.07. The number of halogens is 1. The maximum atomic E-state index is 14.7. The van der Waals surface area contributed by atoms with Crippen molar-refractivity contribution >= 4 is 10.6 Å². The van der Waals surface area contributed by atoms with E-state index in [1.165, 1.54) is 24.5 Å². The summed E-state index contributed by atoms with van der Waals surface area (Å²) in [6.45, 7) is 4.02. The summed E-state index contributed by atoms with van der Waals surface area (Å²) >= 11 is 0. The molecule has 0 unspecified atom stereocenters. The largest absolute Gasteiger partial charge is 0.415 e. The van der Waals surface area contributed by atoms with Gasteiger partial charge in [0.15, 0.2) is 0 Å². The molecule has 2 heterocycles. The van der Waals surface area contributed by atoms with E-state index < -0.39 is 21.7 Å². The van der Waals surface area contributed by atoms with Crippen LogP contribution < -0.4 is 5.32 Å². The second kappa shape index (κ2) is 9.36. The molecule has 0 aliphatic rings. The first-order chi connectivity index (χ1) is 15.8. The first-order valence-corrected chi connectivity index (χ1v) is 11.9. The Kier molecular flexibility index (Phi) is 6.52. The van der Waals surface area contributed by atoms with E-state index in [2.05, 4.69) is 25.5 Å². The quantitative estimate of drug-likeness (QED) is 0.336. The Balaban J connectivity index is 1.61. The first kappa shape index (κ1) is 23.0. The van der Waals surface area contributed by atoms with Gasteiger partial charge in [0.05, 0.1) is 23.0 Å². The van der Waals surface area contributed by atoms with Crippen molar-refractivity contribution in [1.82, 2.24) is 25.5 Å². The van der Waals surface area contributed by atoms with E-state index in [0.29, 0.717) is 22.8 Å². The Labute approximate surface area is 192 Å². The van der Waals surface area contributed by atoms with Crippen molar-refractivity contribution in [2.45, 2.75) is 30.5 Å². The molecular formula is C23H24FN5O3S. The number of benzene rings is 2. The molecule has 0 amide bonds. The van der Waals surface area contributed by atoms with Crippen LogP contribution in [-0.4, -0.2) is 41.6 Å². The van der Waals surface area contributed by atoms with Crippen LogP contribution in [0.4, 0.5) is 4.39 Å². The highest BCUT2D eigenvalue weighted by atomic mass is 32.3. The summed E-state index contributed by atoms with van der Waals surface area (Å²) in [7, 11) is -1.35. The van der Waals surface area contributed by atoms with Gasteiger partial charge in [-0.15, -0.1) is 10.2 Å². The lowest BCUT2D eigenvalue weighted by Gasteiger charge is -2.36. The van der Waals surface area contributed by atoms with Crippen molar-refractivity contribution in [1.29, 1.82) is 0 Å². The molecular weight excluding hydrogens is 445 g/mol. The number of rotatable bonds is 7. The van der Waals surface area contributed by atoms with Gasteiger partial charge in [-0.3, -0.25) is 14.1 Å². The summed E-state index contributed by atoms with van der Waals surface area (Å²) < 4.78 is 41.0. The average molecular weight is 470 g/mol. The molecule has 10 heteroatoms. The van der Waals surface area contributed by atoms with Gasteiger partial charge in [-0.05, 0) is 50.7 Å². The second-order valence-corrected chi connectivity index (χ2v) is 10.3. The first-order valence-electron chi connectivity index (χ1n) is 10.3. The summed E-state index contributed by atoms with van der Waals surface area (Å²) in [5.41, 5.74) is 3.07. The average Bonchev–Trinajstić information content (AvgIpc) is 3.30. The molecule has 33 heavy (non-hydrogen) atoms. The SMILES string of the molecule is CNCc1ccc(-c2nnc(-c3cncc(-c4ccc(S(O)(O)C(C)C)c(F)c4)n3)o2)cc1. The molecule has 4 aromatic rings. The third-order valence-corrected chi connectivity index (χ3v) is 7.36. The molecule has 0 fully saturated rings. The van der Waals surface area contributed by atoms with Crippen molar-refractivity contribution in [3.8, 4) is 34.3 Å². The third kappa shape index (κ3) is 4.79. The molecule has 2 aromatic heterocycles. The van der Waals surface area contributed by atoms with Crippen LogP contribution in [0.5, 0.6) is 0 Å². The molecule has 0 spiro atoms. The van der Waals surface area contributed by atoms with Gasteiger partial charge in [0.1, 0.15) is 11.5 Å². The number of nitrogens with zero attached hydrogens (tertiary/aromatic N) is 4. The van der Waals surface area contributed by atoms with Crippen molar-refractivity contribution in [2.24, 2.45) is 0 Å². The zero-order chi connectivity index (χ0) is 23.6. The Hall–Kier alpha value is -3.18. The lowest BCUT2D eigenvalue weighted by Crippen LogP contribution is -2.12. The normalized spacial score (nSPS) is 12.3. The topological polar surface area (TPSA) is 117 Å². The van der Waals surface area contributed by atoms with Gasteiger partial charge in [0.25, 0.3) is 5.89 Å². The van der Waals surface area contributed by atoms with E-state index >= 15 is 0 Å². The summed E-state index contributed by atoms with van der Waals surface area (Å²) in [4.78, 5) is 8.52. The minimum Gasteiger partial charge on any atom is -0.415 e. The summed E-state index contributed by atoms with van der Waals surface area (Å²) in [6.07, 6.45) is 2.97. The minimum atomic E-state index is -3.24. The number of nitrogens with one attached hydrogen (secondary N) is 1. The highest BCUT2D eigenvalue weighted by Crippen LogP contribution is 2.53. The van der Waals surface area contributed by atoms with Gasteiger partial charge in [0, 0.05) is 22.9 Å². The van der Waals surface area contributed by atoms with Crippen molar-refractivity contribution in [3.05, 3.63) is 66.2 Å². The zero-order valence-electron chi connectivity index (χ0n) is 18.4. The number of hydrogen-bond acceptors (Lipinski definition) is 8. The van der Waals surface area contributed by atoms with Crippen LogP contribution in [0.1, 0.15) is 19.4 Å². The van der Waals surface area contributed by atoms with Crippen LogP contribution in [0.2, 0.25) is 0 Å². The number of aromatic nitrogens is 4. The van der Waals surface area contributed by atoms with E-state index in [0.717, 1.165) is 17.7 Å². The second-order valence-electron chi connectivity index (χ2n) is 7.72. The molecule has 8 nitrogen and oxygen atoms in total. The monoisotopic (exact) mass is 469 g/mol. The van der Waals surface area contributed by atoms with Gasteiger partial charge in [-0.2, -0.15) is 10.6 Å². The number of hydrogen-bond donors (Lipinski definition) is 3. The Morgan fingerprint density at radius 3 is 2.30 bits per heavy atom. The summed E-state index contributed by atoms with van der Waals surface area (Å²) in [6, 6.07) is 11.9. The maximum Gasteiger partial charge on any atom is 0.268 e. The molecule has 0 aliphatic heterocycles. The van der Waals surface area contributed by atoms with Gasteiger partial charge >= 0.3 is 0 Å². The predicted octanol–water partition coefficient (Wildman–Crippen LogP) is 5.24. The van der Waals surface area contributed by atoms with E-state index in [4.69, 9.17) is 4.42 Å².